The lowest BCUT2D eigenvalue weighted by atomic mass is 9.93. The normalized spacial score (nSPS) is 14.2. The van der Waals surface area contributed by atoms with Crippen LogP contribution in [0.5, 0.6) is 0 Å². The lowest BCUT2D eigenvalue weighted by molar-refractivity contribution is -0.149. The number of H-pyrrole nitrogens is 1. The number of aromatic nitrogens is 1. The number of fused-ring (bicyclic) bond motifs is 1. The standard InChI is InChI=1S/C21H15NO4/c1-11-17(15-5-3-4-6-16(15)22-11)19-18(20(24)26-21(19)25)14-9-7-13(8-10-14)12(2)23/h3-10,22H,1-2H3. The minimum atomic E-state index is -0.676. The summed E-state index contributed by atoms with van der Waals surface area (Å²) in [4.78, 5) is 39.6. The Hall–Kier alpha value is -3.47. The molecule has 26 heavy (non-hydrogen) atoms. The van der Waals surface area contributed by atoms with E-state index in [-0.39, 0.29) is 16.9 Å². The van der Waals surface area contributed by atoms with Gasteiger partial charge in [-0.05, 0) is 25.5 Å². The SMILES string of the molecule is CC(=O)c1ccc(C2=C(c3c(C)[nH]c4ccccc34)C(=O)OC2=O)cc1. The molecule has 0 saturated carbocycles. The van der Waals surface area contributed by atoms with Crippen LogP contribution in [0.25, 0.3) is 22.0 Å². The van der Waals surface area contributed by atoms with Gasteiger partial charge in [-0.1, -0.05) is 42.5 Å². The van der Waals surface area contributed by atoms with E-state index in [4.69, 9.17) is 4.74 Å². The fourth-order valence-electron chi connectivity index (χ4n) is 3.35. The van der Waals surface area contributed by atoms with Crippen molar-refractivity contribution in [2.75, 3.05) is 0 Å². The lowest BCUT2D eigenvalue weighted by Crippen LogP contribution is -2.02. The fraction of sp³-hybridized carbons (Fsp3) is 0.0952. The van der Waals surface area contributed by atoms with E-state index in [9.17, 15) is 14.4 Å². The molecule has 1 aliphatic rings. The first-order valence-corrected chi connectivity index (χ1v) is 8.17. The van der Waals surface area contributed by atoms with Gasteiger partial charge >= 0.3 is 11.9 Å². The van der Waals surface area contributed by atoms with Gasteiger partial charge in [-0.3, -0.25) is 4.79 Å². The van der Waals surface area contributed by atoms with Crippen molar-refractivity contribution < 1.29 is 19.1 Å². The molecule has 2 heterocycles. The van der Waals surface area contributed by atoms with Gasteiger partial charge in [0.15, 0.2) is 5.78 Å². The molecule has 0 saturated heterocycles. The van der Waals surface area contributed by atoms with Crippen LogP contribution in [0.2, 0.25) is 0 Å². The Kier molecular flexibility index (Phi) is 3.58. The maximum Gasteiger partial charge on any atom is 0.347 e. The highest BCUT2D eigenvalue weighted by Gasteiger charge is 2.36. The van der Waals surface area contributed by atoms with E-state index in [0.29, 0.717) is 16.7 Å². The number of rotatable bonds is 3. The van der Waals surface area contributed by atoms with E-state index in [1.54, 1.807) is 24.3 Å². The van der Waals surface area contributed by atoms with Crippen LogP contribution in [0.15, 0.2) is 48.5 Å². The molecule has 1 N–H and O–H groups in total. The summed E-state index contributed by atoms with van der Waals surface area (Å²) in [5.74, 6) is -1.40. The third-order valence-corrected chi connectivity index (χ3v) is 4.57. The number of carbonyl (C=O) groups is 3. The number of para-hydroxylation sites is 1. The first-order chi connectivity index (χ1) is 12.5. The molecule has 4 rings (SSSR count). The van der Waals surface area contributed by atoms with Crippen LogP contribution in [0.3, 0.4) is 0 Å². The van der Waals surface area contributed by atoms with Gasteiger partial charge in [0, 0.05) is 27.7 Å². The van der Waals surface area contributed by atoms with Crippen LogP contribution >= 0.6 is 0 Å². The monoisotopic (exact) mass is 345 g/mol. The van der Waals surface area contributed by atoms with Crippen molar-refractivity contribution in [3.05, 3.63) is 70.9 Å². The lowest BCUT2D eigenvalue weighted by Gasteiger charge is -2.05. The highest BCUT2D eigenvalue weighted by molar-refractivity contribution is 6.46. The Morgan fingerprint density at radius 2 is 1.58 bits per heavy atom. The second-order valence-corrected chi connectivity index (χ2v) is 6.23. The van der Waals surface area contributed by atoms with Crippen LogP contribution in [-0.2, 0) is 14.3 Å². The number of esters is 2. The Bertz CT molecular complexity index is 1120. The van der Waals surface area contributed by atoms with Gasteiger partial charge < -0.3 is 9.72 Å². The molecule has 5 heteroatoms. The number of ketones is 1. The van der Waals surface area contributed by atoms with Crippen molar-refractivity contribution in [2.45, 2.75) is 13.8 Å². The molecular formula is C21H15NO4. The number of carbonyl (C=O) groups excluding carboxylic acids is 3. The number of ether oxygens (including phenoxy) is 1. The zero-order valence-electron chi connectivity index (χ0n) is 14.3. The van der Waals surface area contributed by atoms with Crippen molar-refractivity contribution in [1.29, 1.82) is 0 Å². The highest BCUT2D eigenvalue weighted by atomic mass is 16.6. The van der Waals surface area contributed by atoms with Crippen LogP contribution in [0, 0.1) is 6.92 Å². The van der Waals surface area contributed by atoms with Gasteiger partial charge in [0.1, 0.15) is 0 Å². The molecule has 0 fully saturated rings. The average Bonchev–Trinajstić information content (AvgIpc) is 3.09. The van der Waals surface area contributed by atoms with Crippen molar-refractivity contribution in [3.8, 4) is 0 Å². The first kappa shape index (κ1) is 16.0. The molecule has 0 spiro atoms. The van der Waals surface area contributed by atoms with E-state index in [0.717, 1.165) is 16.6 Å². The minimum absolute atomic E-state index is 0.0664. The van der Waals surface area contributed by atoms with Gasteiger partial charge in [0.05, 0.1) is 11.1 Å². The average molecular weight is 345 g/mol. The largest absolute Gasteiger partial charge is 0.386 e. The molecule has 0 amide bonds. The molecule has 0 radical (unpaired) electrons. The Morgan fingerprint density at radius 1 is 0.923 bits per heavy atom. The number of hydrogen-bond donors (Lipinski definition) is 1. The Labute approximate surface area is 149 Å². The van der Waals surface area contributed by atoms with Crippen LogP contribution < -0.4 is 0 Å². The number of aromatic amines is 1. The summed E-state index contributed by atoms with van der Waals surface area (Å²) < 4.78 is 4.91. The van der Waals surface area contributed by atoms with Gasteiger partial charge in [-0.25, -0.2) is 9.59 Å². The maximum atomic E-state index is 12.5. The van der Waals surface area contributed by atoms with E-state index in [1.807, 2.05) is 31.2 Å². The molecule has 3 aromatic rings. The van der Waals surface area contributed by atoms with Gasteiger partial charge in [0.25, 0.3) is 0 Å². The number of Topliss-reactive ketones (excluding diaryl/α,β-unsaturated/α-hetero) is 1. The van der Waals surface area contributed by atoms with Gasteiger partial charge in [-0.2, -0.15) is 0 Å². The molecule has 5 nitrogen and oxygen atoms in total. The van der Waals surface area contributed by atoms with Crippen LogP contribution in [0.1, 0.15) is 34.1 Å². The summed E-state index contributed by atoms with van der Waals surface area (Å²) in [6, 6.07) is 14.2. The third kappa shape index (κ3) is 2.37. The number of hydrogen-bond acceptors (Lipinski definition) is 4. The van der Waals surface area contributed by atoms with Crippen molar-refractivity contribution in [2.24, 2.45) is 0 Å². The molecular weight excluding hydrogens is 330 g/mol. The summed E-state index contributed by atoms with van der Waals surface area (Å²) in [6.45, 7) is 3.33. The van der Waals surface area contributed by atoms with Crippen molar-refractivity contribution in [1.82, 2.24) is 4.98 Å². The van der Waals surface area contributed by atoms with E-state index in [1.165, 1.54) is 6.92 Å². The summed E-state index contributed by atoms with van der Waals surface area (Å²) in [6.07, 6.45) is 0. The smallest absolute Gasteiger partial charge is 0.347 e. The topological polar surface area (TPSA) is 76.2 Å². The quantitative estimate of drug-likeness (QED) is 0.446. The minimum Gasteiger partial charge on any atom is -0.386 e. The molecule has 0 bridgehead atoms. The predicted octanol–water partition coefficient (Wildman–Crippen LogP) is 3.67. The number of nitrogens with one attached hydrogen (secondary N) is 1. The molecule has 128 valence electrons. The Balaban J connectivity index is 1.98. The van der Waals surface area contributed by atoms with Gasteiger partial charge in [-0.15, -0.1) is 0 Å². The van der Waals surface area contributed by atoms with Gasteiger partial charge in [0.2, 0.25) is 0 Å². The summed E-state index contributed by atoms with van der Waals surface area (Å²) in [5.41, 5.74) is 3.89. The van der Waals surface area contributed by atoms with Crippen LogP contribution in [0.4, 0.5) is 0 Å². The van der Waals surface area contributed by atoms with Crippen molar-refractivity contribution in [3.63, 3.8) is 0 Å². The molecule has 0 atom stereocenters. The van der Waals surface area contributed by atoms with Crippen molar-refractivity contribution >= 4 is 39.8 Å². The third-order valence-electron chi connectivity index (χ3n) is 4.57. The second-order valence-electron chi connectivity index (χ2n) is 6.23. The second kappa shape index (κ2) is 5.81. The number of aryl methyl sites for hydroxylation is 1. The van der Waals surface area contributed by atoms with E-state index < -0.39 is 11.9 Å². The Morgan fingerprint density at radius 3 is 2.27 bits per heavy atom. The maximum absolute atomic E-state index is 12.5. The first-order valence-electron chi connectivity index (χ1n) is 8.17. The predicted molar refractivity (Wildman–Crippen MR) is 97.4 cm³/mol. The zero-order valence-corrected chi connectivity index (χ0v) is 14.3. The fourth-order valence-corrected chi connectivity index (χ4v) is 3.35. The number of cyclic esters (lactones) is 2. The molecule has 0 aliphatic carbocycles. The van der Waals surface area contributed by atoms with E-state index >= 15 is 0 Å². The van der Waals surface area contributed by atoms with Crippen LogP contribution in [-0.4, -0.2) is 22.7 Å². The molecule has 1 aliphatic heterocycles. The zero-order chi connectivity index (χ0) is 18.4. The van der Waals surface area contributed by atoms with E-state index in [2.05, 4.69) is 4.98 Å². The molecule has 0 unspecified atom stereocenters. The summed E-state index contributed by atoms with van der Waals surface area (Å²) in [7, 11) is 0. The summed E-state index contributed by atoms with van der Waals surface area (Å²) in [5, 5.41) is 0.851. The number of benzene rings is 2. The highest BCUT2D eigenvalue weighted by Crippen LogP contribution is 2.38. The molecule has 1 aromatic heterocycles. The molecule has 2 aromatic carbocycles. The summed E-state index contributed by atoms with van der Waals surface area (Å²) >= 11 is 0.